The van der Waals surface area contributed by atoms with Crippen molar-refractivity contribution in [2.24, 2.45) is 0 Å². The van der Waals surface area contributed by atoms with Crippen LogP contribution in [0.5, 0.6) is 11.5 Å². The highest BCUT2D eigenvalue weighted by Gasteiger charge is 2.19. The minimum atomic E-state index is -0.336. The molecule has 0 bridgehead atoms. The summed E-state index contributed by atoms with van der Waals surface area (Å²) >= 11 is 1.21. The fourth-order valence-electron chi connectivity index (χ4n) is 2.59. The third kappa shape index (κ3) is 3.65. The molecule has 3 heterocycles. The van der Waals surface area contributed by atoms with Gasteiger partial charge in [0.1, 0.15) is 5.76 Å². The number of carbonyl (C=O) groups is 1. The number of phenols is 2. The van der Waals surface area contributed by atoms with Crippen molar-refractivity contribution in [1.29, 1.82) is 0 Å². The van der Waals surface area contributed by atoms with Crippen LogP contribution in [0.2, 0.25) is 0 Å². The van der Waals surface area contributed by atoms with Crippen molar-refractivity contribution in [3.63, 3.8) is 0 Å². The van der Waals surface area contributed by atoms with Crippen molar-refractivity contribution in [1.82, 2.24) is 14.8 Å². The number of thioether (sulfide) groups is 1. The Kier molecular flexibility index (Phi) is 4.90. The summed E-state index contributed by atoms with van der Waals surface area (Å²) in [5.74, 6) is 1.05. The minimum absolute atomic E-state index is 0.0820. The average molecular weight is 397 g/mol. The summed E-state index contributed by atoms with van der Waals surface area (Å²) in [6.45, 7) is 0.382. The predicted octanol–water partition coefficient (Wildman–Crippen LogP) is 3.57. The van der Waals surface area contributed by atoms with Crippen molar-refractivity contribution in [2.45, 2.75) is 11.7 Å². The topological polar surface area (TPSA) is 115 Å². The molecule has 0 saturated carbocycles. The van der Waals surface area contributed by atoms with E-state index in [0.717, 1.165) is 0 Å². The van der Waals surface area contributed by atoms with E-state index < -0.39 is 0 Å². The maximum Gasteiger partial charge on any atom is 0.200 e. The maximum absolute atomic E-state index is 12.4. The molecule has 8 nitrogen and oxygen atoms in total. The zero-order valence-corrected chi connectivity index (χ0v) is 15.3. The minimum Gasteiger partial charge on any atom is -0.504 e. The van der Waals surface area contributed by atoms with Crippen LogP contribution in [0.4, 0.5) is 0 Å². The van der Waals surface area contributed by atoms with E-state index in [2.05, 4.69) is 10.2 Å². The number of hydrogen-bond donors (Lipinski definition) is 2. The Bertz CT molecular complexity index is 1090. The summed E-state index contributed by atoms with van der Waals surface area (Å²) in [6.07, 6.45) is 3.13. The molecule has 0 spiro atoms. The van der Waals surface area contributed by atoms with Crippen molar-refractivity contribution in [3.05, 3.63) is 66.3 Å². The van der Waals surface area contributed by atoms with E-state index in [0.29, 0.717) is 34.6 Å². The predicted molar refractivity (Wildman–Crippen MR) is 100 cm³/mol. The monoisotopic (exact) mass is 397 g/mol. The molecule has 0 fully saturated rings. The number of nitrogens with zero attached hydrogens (tertiary/aromatic N) is 3. The molecule has 4 aromatic rings. The number of aromatic nitrogens is 3. The molecular weight excluding hydrogens is 382 g/mol. The molecule has 3 aromatic heterocycles. The van der Waals surface area contributed by atoms with Crippen LogP contribution in [0, 0.1) is 0 Å². The van der Waals surface area contributed by atoms with Gasteiger partial charge in [0.25, 0.3) is 0 Å². The van der Waals surface area contributed by atoms with E-state index in [1.54, 1.807) is 30.7 Å². The number of aromatic hydroxyl groups is 2. The number of ketones is 1. The number of benzene rings is 1. The number of furan rings is 2. The third-order valence-corrected chi connectivity index (χ3v) is 4.95. The van der Waals surface area contributed by atoms with Crippen LogP contribution in [-0.2, 0) is 6.54 Å². The first-order valence-electron chi connectivity index (χ1n) is 8.29. The number of Topliss-reactive ketones (excluding diaryl/α,β-unsaturated/α-hetero) is 1. The highest BCUT2D eigenvalue weighted by Crippen LogP contribution is 2.28. The standard InChI is InChI=1S/C19H15N3O5S/c23-14-6-5-12(9-15(14)24)16(25)11-28-19-21-20-18(17-4-2-8-27-17)22(19)10-13-3-1-7-26-13/h1-9,23-24H,10-11H2. The first-order chi connectivity index (χ1) is 13.6. The normalized spacial score (nSPS) is 11.0. The Morgan fingerprint density at radius 3 is 2.57 bits per heavy atom. The molecule has 2 N–H and O–H groups in total. The second-order valence-electron chi connectivity index (χ2n) is 5.86. The van der Waals surface area contributed by atoms with Gasteiger partial charge < -0.3 is 19.0 Å². The van der Waals surface area contributed by atoms with Gasteiger partial charge in [-0.3, -0.25) is 9.36 Å². The van der Waals surface area contributed by atoms with Gasteiger partial charge in [0, 0.05) is 5.56 Å². The van der Waals surface area contributed by atoms with Gasteiger partial charge in [-0.15, -0.1) is 10.2 Å². The molecule has 1 aromatic carbocycles. The summed E-state index contributed by atoms with van der Waals surface area (Å²) in [6, 6.07) is 11.1. The van der Waals surface area contributed by atoms with Crippen LogP contribution in [0.1, 0.15) is 16.1 Å². The maximum atomic E-state index is 12.4. The van der Waals surface area contributed by atoms with Gasteiger partial charge in [-0.1, -0.05) is 11.8 Å². The van der Waals surface area contributed by atoms with E-state index in [-0.39, 0.29) is 23.0 Å². The quantitative estimate of drug-likeness (QED) is 0.276. The molecule has 0 atom stereocenters. The Balaban J connectivity index is 1.57. The van der Waals surface area contributed by atoms with Gasteiger partial charge in [0.2, 0.25) is 5.82 Å². The molecule has 0 radical (unpaired) electrons. The van der Waals surface area contributed by atoms with Crippen LogP contribution in [0.3, 0.4) is 0 Å². The lowest BCUT2D eigenvalue weighted by Gasteiger charge is -2.07. The molecule has 0 saturated heterocycles. The average Bonchev–Trinajstić information content (AvgIpc) is 3.44. The van der Waals surface area contributed by atoms with E-state index in [9.17, 15) is 15.0 Å². The molecule has 9 heteroatoms. The lowest BCUT2D eigenvalue weighted by Crippen LogP contribution is -2.06. The van der Waals surface area contributed by atoms with Crippen molar-refractivity contribution in [3.8, 4) is 23.1 Å². The van der Waals surface area contributed by atoms with Crippen LogP contribution in [-0.4, -0.2) is 36.5 Å². The number of rotatable bonds is 7. The Hall–Kier alpha value is -3.46. The zero-order valence-electron chi connectivity index (χ0n) is 14.5. The molecule has 28 heavy (non-hydrogen) atoms. The van der Waals surface area contributed by atoms with Crippen molar-refractivity contribution in [2.75, 3.05) is 5.75 Å². The molecular formula is C19H15N3O5S. The number of hydrogen-bond acceptors (Lipinski definition) is 8. The lowest BCUT2D eigenvalue weighted by atomic mass is 10.1. The zero-order chi connectivity index (χ0) is 19.5. The van der Waals surface area contributed by atoms with Gasteiger partial charge in [-0.05, 0) is 42.5 Å². The lowest BCUT2D eigenvalue weighted by molar-refractivity contribution is 0.102. The van der Waals surface area contributed by atoms with E-state index >= 15 is 0 Å². The van der Waals surface area contributed by atoms with Gasteiger partial charge in [-0.25, -0.2) is 0 Å². The molecule has 4 rings (SSSR count). The van der Waals surface area contributed by atoms with Gasteiger partial charge in [-0.2, -0.15) is 0 Å². The first-order valence-corrected chi connectivity index (χ1v) is 9.28. The summed E-state index contributed by atoms with van der Waals surface area (Å²) < 4.78 is 12.7. The third-order valence-electron chi connectivity index (χ3n) is 3.98. The van der Waals surface area contributed by atoms with Gasteiger partial charge >= 0.3 is 0 Å². The summed E-state index contributed by atoms with van der Waals surface area (Å²) in [7, 11) is 0. The SMILES string of the molecule is O=C(CSc1nnc(-c2ccco2)n1Cc1ccco1)c1ccc(O)c(O)c1. The second-order valence-corrected chi connectivity index (χ2v) is 6.81. The Morgan fingerprint density at radius 1 is 1.04 bits per heavy atom. The fraction of sp³-hybridized carbons (Fsp3) is 0.105. The summed E-state index contributed by atoms with van der Waals surface area (Å²) in [5.41, 5.74) is 0.297. The smallest absolute Gasteiger partial charge is 0.200 e. The van der Waals surface area contributed by atoms with Crippen LogP contribution in [0.15, 0.2) is 69.0 Å². The van der Waals surface area contributed by atoms with E-state index in [1.165, 1.54) is 30.0 Å². The summed E-state index contributed by atoms with van der Waals surface area (Å²) in [4.78, 5) is 12.4. The number of carbonyl (C=O) groups excluding carboxylic acids is 1. The molecule has 0 aliphatic heterocycles. The van der Waals surface area contributed by atoms with Crippen LogP contribution in [0.25, 0.3) is 11.6 Å². The highest BCUT2D eigenvalue weighted by atomic mass is 32.2. The highest BCUT2D eigenvalue weighted by molar-refractivity contribution is 7.99. The molecule has 142 valence electrons. The van der Waals surface area contributed by atoms with Crippen molar-refractivity contribution >= 4 is 17.5 Å². The molecule has 0 aliphatic rings. The Morgan fingerprint density at radius 2 is 1.86 bits per heavy atom. The van der Waals surface area contributed by atoms with Crippen LogP contribution >= 0.6 is 11.8 Å². The Labute approximate surface area is 163 Å². The van der Waals surface area contributed by atoms with E-state index in [1.807, 2.05) is 10.6 Å². The fourth-order valence-corrected chi connectivity index (χ4v) is 3.43. The van der Waals surface area contributed by atoms with Gasteiger partial charge in [0.05, 0.1) is 24.8 Å². The molecule has 0 aliphatic carbocycles. The van der Waals surface area contributed by atoms with Crippen LogP contribution < -0.4 is 0 Å². The van der Waals surface area contributed by atoms with E-state index in [4.69, 9.17) is 8.83 Å². The summed E-state index contributed by atoms with van der Waals surface area (Å²) in [5, 5.41) is 27.9. The molecule has 0 amide bonds. The molecule has 0 unspecified atom stereocenters. The van der Waals surface area contributed by atoms with Crippen molar-refractivity contribution < 1.29 is 23.8 Å². The first kappa shape index (κ1) is 17.9. The van der Waals surface area contributed by atoms with Gasteiger partial charge in [0.15, 0.2) is 28.2 Å². The second kappa shape index (κ2) is 7.65. The number of phenolic OH excluding ortho intramolecular Hbond substituents is 2. The largest absolute Gasteiger partial charge is 0.504 e.